The van der Waals surface area contributed by atoms with Crippen molar-refractivity contribution in [3.8, 4) is 0 Å². The molecule has 2 aliphatic heterocycles. The molecule has 2 aliphatic rings. The van der Waals surface area contributed by atoms with Crippen LogP contribution in [0.5, 0.6) is 0 Å². The molecule has 128 valence electrons. The molecule has 1 N–H and O–H groups in total. The fourth-order valence-corrected chi connectivity index (χ4v) is 2.69. The van der Waals surface area contributed by atoms with E-state index in [0.717, 1.165) is 9.80 Å². The average molecular weight is 334 g/mol. The lowest BCUT2D eigenvalue weighted by atomic mass is 9.97. The molecule has 0 spiro atoms. The second kappa shape index (κ2) is 7.67. The highest BCUT2D eigenvalue weighted by Crippen LogP contribution is 2.17. The van der Waals surface area contributed by atoms with Gasteiger partial charge in [-0.15, -0.1) is 0 Å². The van der Waals surface area contributed by atoms with E-state index in [1.54, 1.807) is 0 Å². The molecule has 8 heteroatoms. The molecular weight excluding hydrogens is 316 g/mol. The van der Waals surface area contributed by atoms with Crippen LogP contribution in [0.2, 0.25) is 0 Å². The first-order valence-corrected chi connectivity index (χ1v) is 7.70. The Morgan fingerprint density at radius 3 is 1.42 bits per heavy atom. The summed E-state index contributed by atoms with van der Waals surface area (Å²) in [5.41, 5.74) is 0. The zero-order chi connectivity index (χ0) is 17.7. The summed E-state index contributed by atoms with van der Waals surface area (Å²) < 4.78 is 0. The number of imide groups is 2. The first kappa shape index (κ1) is 17.6. The van der Waals surface area contributed by atoms with E-state index in [4.69, 9.17) is 0 Å². The van der Waals surface area contributed by atoms with Gasteiger partial charge in [0.25, 0.3) is 23.6 Å². The third-order valence-electron chi connectivity index (χ3n) is 4.02. The van der Waals surface area contributed by atoms with Crippen molar-refractivity contribution in [1.29, 1.82) is 0 Å². The maximum Gasteiger partial charge on any atom is 0.306 e. The molecule has 0 bridgehead atoms. The SMILES string of the molecule is O=C(O)C(CCCN1C(=O)C=CC1=O)CCCN1C(=O)C=CC1=O. The maximum absolute atomic E-state index is 11.4. The smallest absolute Gasteiger partial charge is 0.306 e. The highest BCUT2D eigenvalue weighted by Gasteiger charge is 2.26. The average Bonchev–Trinajstić information content (AvgIpc) is 3.02. The first-order valence-electron chi connectivity index (χ1n) is 7.70. The van der Waals surface area contributed by atoms with E-state index in [1.165, 1.54) is 24.3 Å². The molecule has 0 aromatic heterocycles. The third kappa shape index (κ3) is 4.15. The van der Waals surface area contributed by atoms with E-state index in [9.17, 15) is 29.1 Å². The predicted molar refractivity (Wildman–Crippen MR) is 81.3 cm³/mol. The minimum Gasteiger partial charge on any atom is -0.481 e. The molecule has 0 saturated carbocycles. The van der Waals surface area contributed by atoms with Crippen LogP contribution in [-0.4, -0.2) is 57.6 Å². The van der Waals surface area contributed by atoms with E-state index >= 15 is 0 Å². The van der Waals surface area contributed by atoms with Crippen LogP contribution in [0.1, 0.15) is 25.7 Å². The van der Waals surface area contributed by atoms with Gasteiger partial charge in [-0.2, -0.15) is 0 Å². The van der Waals surface area contributed by atoms with E-state index in [0.29, 0.717) is 25.7 Å². The van der Waals surface area contributed by atoms with Crippen molar-refractivity contribution in [2.75, 3.05) is 13.1 Å². The fraction of sp³-hybridized carbons (Fsp3) is 0.438. The van der Waals surface area contributed by atoms with Gasteiger partial charge in [0.15, 0.2) is 0 Å². The van der Waals surface area contributed by atoms with Crippen LogP contribution in [0.25, 0.3) is 0 Å². The number of rotatable bonds is 9. The van der Waals surface area contributed by atoms with Gasteiger partial charge in [-0.25, -0.2) is 0 Å². The van der Waals surface area contributed by atoms with Crippen molar-refractivity contribution in [3.63, 3.8) is 0 Å². The predicted octanol–water partition coefficient (Wildman–Crippen LogP) is 0.0976. The summed E-state index contributed by atoms with van der Waals surface area (Å²) in [6.07, 6.45) is 6.16. The summed E-state index contributed by atoms with van der Waals surface area (Å²) in [7, 11) is 0. The van der Waals surface area contributed by atoms with Crippen molar-refractivity contribution in [1.82, 2.24) is 9.80 Å². The Balaban J connectivity index is 1.73. The standard InChI is InChI=1S/C16H18N2O6/c19-12-5-6-13(20)17(12)9-1-3-11(16(23)24)4-2-10-18-14(21)7-8-15(18)22/h5-8,11H,1-4,9-10H2,(H,23,24). The Kier molecular flexibility index (Phi) is 5.62. The van der Waals surface area contributed by atoms with Gasteiger partial charge >= 0.3 is 5.97 Å². The van der Waals surface area contributed by atoms with Crippen LogP contribution in [0, 0.1) is 5.92 Å². The van der Waals surface area contributed by atoms with Crippen molar-refractivity contribution in [2.45, 2.75) is 25.7 Å². The second-order valence-electron chi connectivity index (χ2n) is 5.64. The highest BCUT2D eigenvalue weighted by atomic mass is 16.4. The lowest BCUT2D eigenvalue weighted by Gasteiger charge is -2.18. The number of amides is 4. The van der Waals surface area contributed by atoms with Gasteiger partial charge in [-0.05, 0) is 25.7 Å². The number of carboxylic acids is 1. The van der Waals surface area contributed by atoms with Crippen molar-refractivity contribution < 1.29 is 29.1 Å². The van der Waals surface area contributed by atoms with Gasteiger partial charge in [0.2, 0.25) is 0 Å². The molecule has 0 atom stereocenters. The van der Waals surface area contributed by atoms with E-state index in [1.807, 2.05) is 0 Å². The number of carbonyl (C=O) groups is 5. The van der Waals surface area contributed by atoms with Crippen molar-refractivity contribution in [2.24, 2.45) is 5.92 Å². The molecule has 0 radical (unpaired) electrons. The van der Waals surface area contributed by atoms with Crippen LogP contribution in [0.4, 0.5) is 0 Å². The zero-order valence-corrected chi connectivity index (χ0v) is 13.0. The summed E-state index contributed by atoms with van der Waals surface area (Å²) in [4.78, 5) is 59.0. The topological polar surface area (TPSA) is 112 Å². The van der Waals surface area contributed by atoms with Gasteiger partial charge in [-0.1, -0.05) is 0 Å². The largest absolute Gasteiger partial charge is 0.481 e. The molecule has 2 heterocycles. The molecule has 24 heavy (non-hydrogen) atoms. The minimum atomic E-state index is -0.968. The van der Waals surface area contributed by atoms with Gasteiger partial charge in [0, 0.05) is 37.4 Å². The van der Waals surface area contributed by atoms with Crippen molar-refractivity contribution >= 4 is 29.6 Å². The van der Waals surface area contributed by atoms with E-state index in [-0.39, 0.29) is 36.7 Å². The molecule has 0 saturated heterocycles. The minimum absolute atomic E-state index is 0.182. The highest BCUT2D eigenvalue weighted by molar-refractivity contribution is 6.13. The molecule has 0 aromatic carbocycles. The normalized spacial score (nSPS) is 17.0. The molecule has 8 nitrogen and oxygen atoms in total. The lowest BCUT2D eigenvalue weighted by Crippen LogP contribution is -2.32. The van der Waals surface area contributed by atoms with Crippen molar-refractivity contribution in [3.05, 3.63) is 24.3 Å². The number of hydrogen-bond donors (Lipinski definition) is 1. The zero-order valence-electron chi connectivity index (χ0n) is 13.0. The summed E-state index contributed by atoms with van der Waals surface area (Å²) in [5.74, 6) is -3.15. The Labute approximate surface area is 138 Å². The van der Waals surface area contributed by atoms with Gasteiger partial charge < -0.3 is 5.11 Å². The molecule has 0 unspecified atom stereocenters. The summed E-state index contributed by atoms with van der Waals surface area (Å²) in [6, 6.07) is 0. The summed E-state index contributed by atoms with van der Waals surface area (Å²) in [5, 5.41) is 9.25. The number of carbonyl (C=O) groups excluding carboxylic acids is 4. The van der Waals surface area contributed by atoms with E-state index in [2.05, 4.69) is 0 Å². The monoisotopic (exact) mass is 334 g/mol. The Hall–Kier alpha value is -2.77. The van der Waals surface area contributed by atoms with Crippen LogP contribution in [0.15, 0.2) is 24.3 Å². The molecule has 0 fully saturated rings. The molecule has 0 aliphatic carbocycles. The second-order valence-corrected chi connectivity index (χ2v) is 5.64. The Bertz CT molecular complexity index is 552. The molecule has 4 amide bonds. The number of nitrogens with zero attached hydrogens (tertiary/aromatic N) is 2. The first-order chi connectivity index (χ1) is 11.4. The van der Waals surface area contributed by atoms with Gasteiger partial charge in [-0.3, -0.25) is 33.8 Å². The Morgan fingerprint density at radius 1 is 0.792 bits per heavy atom. The van der Waals surface area contributed by atoms with Gasteiger partial charge in [0.05, 0.1) is 5.92 Å². The van der Waals surface area contributed by atoms with E-state index < -0.39 is 11.9 Å². The lowest BCUT2D eigenvalue weighted by molar-refractivity contribution is -0.142. The Morgan fingerprint density at radius 2 is 1.12 bits per heavy atom. The summed E-state index contributed by atoms with van der Waals surface area (Å²) in [6.45, 7) is 0.364. The maximum atomic E-state index is 11.4. The van der Waals surface area contributed by atoms with Crippen LogP contribution in [0.3, 0.4) is 0 Å². The molecular formula is C16H18N2O6. The number of carboxylic acid groups (broad SMARTS) is 1. The van der Waals surface area contributed by atoms with Crippen LogP contribution in [-0.2, 0) is 24.0 Å². The number of hydrogen-bond acceptors (Lipinski definition) is 5. The quantitative estimate of drug-likeness (QED) is 0.598. The molecule has 0 aromatic rings. The van der Waals surface area contributed by atoms with Gasteiger partial charge in [0.1, 0.15) is 0 Å². The fourth-order valence-electron chi connectivity index (χ4n) is 2.69. The van der Waals surface area contributed by atoms with Crippen LogP contribution >= 0.6 is 0 Å². The molecule has 2 rings (SSSR count). The third-order valence-corrected chi connectivity index (χ3v) is 4.02. The van der Waals surface area contributed by atoms with Crippen LogP contribution < -0.4 is 0 Å². The summed E-state index contributed by atoms with van der Waals surface area (Å²) >= 11 is 0. The number of aliphatic carboxylic acids is 1.